The van der Waals surface area contributed by atoms with E-state index in [9.17, 15) is 0 Å². The van der Waals surface area contributed by atoms with Crippen LogP contribution in [0.1, 0.15) is 62.0 Å². The highest BCUT2D eigenvalue weighted by atomic mass is 16.6. The third-order valence-electron chi connectivity index (χ3n) is 7.32. The molecule has 0 spiro atoms. The van der Waals surface area contributed by atoms with Crippen molar-refractivity contribution in [1.82, 2.24) is 19.9 Å². The summed E-state index contributed by atoms with van der Waals surface area (Å²) >= 11 is 0. The van der Waals surface area contributed by atoms with E-state index in [1.807, 2.05) is 73.1 Å². The van der Waals surface area contributed by atoms with Gasteiger partial charge in [-0.1, -0.05) is 84.8 Å². The Balaban J connectivity index is 1.10. The van der Waals surface area contributed by atoms with E-state index in [1.165, 1.54) is 0 Å². The summed E-state index contributed by atoms with van der Waals surface area (Å²) in [6, 6.07) is 20.0. The zero-order valence-electron chi connectivity index (χ0n) is 23.6. The second-order valence-corrected chi connectivity index (χ2v) is 11.4. The predicted molar refractivity (Wildman–Crippen MR) is 160 cm³/mol. The summed E-state index contributed by atoms with van der Waals surface area (Å²) < 4.78 is 0. The summed E-state index contributed by atoms with van der Waals surface area (Å²) in [5.74, 6) is 1.41. The van der Waals surface area contributed by atoms with E-state index in [2.05, 4.69) is 34.1 Å². The number of hydrogen-bond acceptors (Lipinski definition) is 8. The van der Waals surface area contributed by atoms with Gasteiger partial charge in [0.15, 0.2) is 11.6 Å². The fraction of sp³-hybridized carbons (Fsp3) is 0.333. The van der Waals surface area contributed by atoms with Crippen LogP contribution in [0.4, 0.5) is 0 Å². The minimum Gasteiger partial charge on any atom is -0.395 e. The van der Waals surface area contributed by atoms with Gasteiger partial charge in [-0.15, -0.1) is 0 Å². The van der Waals surface area contributed by atoms with Crippen LogP contribution >= 0.6 is 0 Å². The Bertz CT molecular complexity index is 1450. The molecule has 0 unspecified atom stereocenters. The number of oxime groups is 2. The van der Waals surface area contributed by atoms with Crippen molar-refractivity contribution in [2.24, 2.45) is 15.7 Å². The third kappa shape index (κ3) is 6.32. The Hall–Kier alpha value is -4.46. The van der Waals surface area contributed by atoms with E-state index >= 15 is 0 Å². The van der Waals surface area contributed by atoms with Gasteiger partial charge in [-0.05, 0) is 49.7 Å². The zero-order chi connectivity index (χ0) is 28.1. The summed E-state index contributed by atoms with van der Waals surface area (Å²) in [6.45, 7) is 4.96. The zero-order valence-corrected chi connectivity index (χ0v) is 23.6. The number of aryl methyl sites for hydroxylation is 2. The Morgan fingerprint density at radius 2 is 1.07 bits per heavy atom. The van der Waals surface area contributed by atoms with Gasteiger partial charge in [-0.2, -0.15) is 0 Å². The van der Waals surface area contributed by atoms with Gasteiger partial charge < -0.3 is 9.68 Å². The van der Waals surface area contributed by atoms with Crippen LogP contribution < -0.4 is 0 Å². The highest BCUT2D eigenvalue weighted by Gasteiger charge is 2.24. The third-order valence-corrected chi connectivity index (χ3v) is 7.32. The van der Waals surface area contributed by atoms with Crippen molar-refractivity contribution in [3.05, 3.63) is 95.6 Å². The van der Waals surface area contributed by atoms with Gasteiger partial charge in [0.1, 0.15) is 24.6 Å². The van der Waals surface area contributed by atoms with Crippen LogP contribution in [0.15, 0.2) is 83.4 Å². The van der Waals surface area contributed by atoms with Crippen LogP contribution in [-0.4, -0.2) is 44.6 Å². The summed E-state index contributed by atoms with van der Waals surface area (Å²) in [5, 5.41) is 9.06. The molecule has 0 saturated carbocycles. The number of rotatable bonds is 8. The first-order valence-electron chi connectivity index (χ1n) is 14.3. The molecular weight excluding hydrogens is 512 g/mol. The molecule has 208 valence electrons. The van der Waals surface area contributed by atoms with E-state index in [1.54, 1.807) is 0 Å². The van der Waals surface area contributed by atoms with E-state index in [-0.39, 0.29) is 5.41 Å². The van der Waals surface area contributed by atoms with Crippen molar-refractivity contribution in [3.8, 4) is 22.8 Å². The van der Waals surface area contributed by atoms with E-state index in [0.717, 1.165) is 83.6 Å². The molecule has 2 heterocycles. The molecule has 2 aliphatic rings. The van der Waals surface area contributed by atoms with Crippen LogP contribution in [0, 0.1) is 5.41 Å². The summed E-state index contributed by atoms with van der Waals surface area (Å²) in [4.78, 5) is 30.6. The van der Waals surface area contributed by atoms with Crippen molar-refractivity contribution >= 4 is 11.4 Å². The molecule has 0 aliphatic heterocycles. The molecule has 0 saturated heterocycles. The van der Waals surface area contributed by atoms with Crippen LogP contribution in [-0.2, 0) is 22.5 Å². The van der Waals surface area contributed by atoms with Gasteiger partial charge in [-0.3, -0.25) is 0 Å². The molecule has 2 aromatic heterocycles. The van der Waals surface area contributed by atoms with Gasteiger partial charge in [-0.25, -0.2) is 19.9 Å². The highest BCUT2D eigenvalue weighted by molar-refractivity contribution is 6.01. The fourth-order valence-electron chi connectivity index (χ4n) is 5.05. The highest BCUT2D eigenvalue weighted by Crippen LogP contribution is 2.26. The van der Waals surface area contributed by atoms with Crippen molar-refractivity contribution in [2.45, 2.75) is 52.4 Å². The standard InChI is InChI=1S/C33H34N6O2/c1-33(2,21-40-38-27-17-9-15-25-19-34-31(36-29(25)27)23-11-5-3-6-12-23)22-41-39-28-18-10-16-26-20-35-32(37-30(26)28)24-13-7-4-8-14-24/h3-8,11-14,19-20H,9-10,15-18,21-22H2,1-2H3/b38-27+,39-28+. The van der Waals surface area contributed by atoms with Crippen molar-refractivity contribution in [3.63, 3.8) is 0 Å². The molecule has 8 nitrogen and oxygen atoms in total. The maximum Gasteiger partial charge on any atom is 0.159 e. The molecular formula is C33H34N6O2. The lowest BCUT2D eigenvalue weighted by molar-refractivity contribution is -0.000311. The molecule has 2 aliphatic carbocycles. The monoisotopic (exact) mass is 546 g/mol. The molecule has 0 amide bonds. The molecule has 41 heavy (non-hydrogen) atoms. The number of aromatic nitrogens is 4. The first-order chi connectivity index (χ1) is 20.1. The van der Waals surface area contributed by atoms with Gasteiger partial charge in [0.2, 0.25) is 0 Å². The second-order valence-electron chi connectivity index (χ2n) is 11.4. The maximum atomic E-state index is 5.88. The molecule has 6 rings (SSSR count). The maximum absolute atomic E-state index is 5.88. The van der Waals surface area contributed by atoms with E-state index < -0.39 is 0 Å². The Morgan fingerprint density at radius 1 is 0.634 bits per heavy atom. The van der Waals surface area contributed by atoms with Crippen LogP contribution in [0.3, 0.4) is 0 Å². The molecule has 0 N–H and O–H groups in total. The number of benzene rings is 2. The minimum absolute atomic E-state index is 0.301. The van der Waals surface area contributed by atoms with Crippen LogP contribution in [0.2, 0.25) is 0 Å². The lowest BCUT2D eigenvalue weighted by atomic mass is 9.95. The van der Waals surface area contributed by atoms with Crippen LogP contribution in [0.5, 0.6) is 0 Å². The number of fused-ring (bicyclic) bond motifs is 2. The number of nitrogens with zero attached hydrogens (tertiary/aromatic N) is 6. The molecule has 2 aromatic carbocycles. The molecule has 8 heteroatoms. The molecule has 0 radical (unpaired) electrons. The fourth-order valence-corrected chi connectivity index (χ4v) is 5.05. The first kappa shape index (κ1) is 26.7. The minimum atomic E-state index is -0.301. The Kier molecular flexibility index (Phi) is 7.80. The second kappa shape index (κ2) is 12.0. The lowest BCUT2D eigenvalue weighted by Gasteiger charge is -2.23. The topological polar surface area (TPSA) is 94.7 Å². The average Bonchev–Trinajstić information content (AvgIpc) is 3.01. The summed E-state index contributed by atoms with van der Waals surface area (Å²) in [7, 11) is 0. The summed E-state index contributed by atoms with van der Waals surface area (Å²) in [6.07, 6.45) is 9.41. The SMILES string of the molecule is CC(C)(CO/N=C1\CCCc2cnc(-c3ccccc3)nc21)CO/N=C1\CCCc2cnc(-c3ccccc3)nc21. The molecule has 0 bridgehead atoms. The largest absolute Gasteiger partial charge is 0.395 e. The first-order valence-corrected chi connectivity index (χ1v) is 14.3. The smallest absolute Gasteiger partial charge is 0.159 e. The van der Waals surface area contributed by atoms with Crippen molar-refractivity contribution in [1.29, 1.82) is 0 Å². The average molecular weight is 547 g/mol. The quantitative estimate of drug-likeness (QED) is 0.236. The lowest BCUT2D eigenvalue weighted by Crippen LogP contribution is -2.25. The Labute approximate surface area is 240 Å². The van der Waals surface area contributed by atoms with Crippen molar-refractivity contribution in [2.75, 3.05) is 13.2 Å². The predicted octanol–water partition coefficient (Wildman–Crippen LogP) is 6.44. The van der Waals surface area contributed by atoms with Gasteiger partial charge in [0, 0.05) is 28.9 Å². The number of hydrogen-bond donors (Lipinski definition) is 0. The van der Waals surface area contributed by atoms with E-state index in [4.69, 9.17) is 19.6 Å². The normalized spacial score (nSPS) is 16.7. The van der Waals surface area contributed by atoms with Crippen LogP contribution in [0.25, 0.3) is 22.8 Å². The van der Waals surface area contributed by atoms with Gasteiger partial charge in [0.05, 0.1) is 11.4 Å². The molecule has 0 atom stereocenters. The van der Waals surface area contributed by atoms with E-state index in [0.29, 0.717) is 24.9 Å². The summed E-state index contributed by atoms with van der Waals surface area (Å²) in [5.41, 5.74) is 7.43. The van der Waals surface area contributed by atoms with Gasteiger partial charge in [0.25, 0.3) is 0 Å². The Morgan fingerprint density at radius 3 is 1.51 bits per heavy atom. The molecule has 0 fully saturated rings. The van der Waals surface area contributed by atoms with Crippen molar-refractivity contribution < 1.29 is 9.68 Å². The molecule has 4 aromatic rings. The van der Waals surface area contributed by atoms with Gasteiger partial charge >= 0.3 is 0 Å².